The molecule has 114 valence electrons. The summed E-state index contributed by atoms with van der Waals surface area (Å²) in [6.07, 6.45) is 1.07. The third kappa shape index (κ3) is 7.40. The fraction of sp³-hybridized carbons (Fsp3) is 0.733. The molecule has 0 bridgehead atoms. The second-order valence-electron chi connectivity index (χ2n) is 5.26. The van der Waals surface area contributed by atoms with Crippen LogP contribution in [-0.2, 0) is 16.1 Å². The van der Waals surface area contributed by atoms with Crippen molar-refractivity contribution in [2.24, 2.45) is 5.92 Å². The maximum Gasteiger partial charge on any atom is 0.156 e. The highest BCUT2D eigenvalue weighted by atomic mass is 16.5. The largest absolute Gasteiger partial charge is 0.379 e. The molecule has 20 heavy (non-hydrogen) atoms. The van der Waals surface area contributed by atoms with E-state index >= 15 is 0 Å². The number of anilines is 1. The molecule has 0 unspecified atom stereocenters. The Kier molecular flexibility index (Phi) is 8.14. The second kappa shape index (κ2) is 9.66. The van der Waals surface area contributed by atoms with E-state index in [1.54, 1.807) is 0 Å². The number of rotatable bonds is 10. The second-order valence-corrected chi connectivity index (χ2v) is 5.26. The molecule has 1 N–H and O–H groups in total. The molecule has 1 aromatic heterocycles. The summed E-state index contributed by atoms with van der Waals surface area (Å²) in [5.41, 5.74) is 0.952. The fourth-order valence-corrected chi connectivity index (χ4v) is 1.64. The Morgan fingerprint density at radius 3 is 2.65 bits per heavy atom. The molecule has 0 atom stereocenters. The zero-order chi connectivity index (χ0) is 14.8. The summed E-state index contributed by atoms with van der Waals surface area (Å²) in [6, 6.07) is 1.95. The van der Waals surface area contributed by atoms with Gasteiger partial charge in [0.15, 0.2) is 5.82 Å². The number of ether oxygens (including phenoxy) is 2. The molecular weight excluding hydrogens is 254 g/mol. The standard InChI is InChI=1S/C15H27N3O2/c1-5-6-16-14-9-13(4)17-15(18-14)11-20-8-7-19-10-12(2)3/h9,12H,5-8,10-11H2,1-4H3,(H,16,17,18). The predicted molar refractivity (Wildman–Crippen MR) is 80.9 cm³/mol. The van der Waals surface area contributed by atoms with Crippen LogP contribution in [0.25, 0.3) is 0 Å². The Morgan fingerprint density at radius 1 is 1.20 bits per heavy atom. The quantitative estimate of drug-likeness (QED) is 0.668. The molecule has 0 aliphatic rings. The normalized spacial score (nSPS) is 11.1. The number of aryl methyl sites for hydroxylation is 1. The highest BCUT2D eigenvalue weighted by Crippen LogP contribution is 2.07. The van der Waals surface area contributed by atoms with Crippen molar-refractivity contribution in [2.45, 2.75) is 40.7 Å². The molecule has 0 aromatic carbocycles. The number of nitrogens with zero attached hydrogens (tertiary/aromatic N) is 2. The summed E-state index contributed by atoms with van der Waals surface area (Å²) in [5.74, 6) is 2.14. The van der Waals surface area contributed by atoms with Gasteiger partial charge in [0.1, 0.15) is 12.4 Å². The molecule has 0 aliphatic heterocycles. The molecule has 1 aromatic rings. The number of nitrogens with one attached hydrogen (secondary N) is 1. The van der Waals surface area contributed by atoms with E-state index in [-0.39, 0.29) is 0 Å². The Labute approximate surface area is 122 Å². The van der Waals surface area contributed by atoms with E-state index in [1.165, 1.54) is 0 Å². The Balaban J connectivity index is 2.30. The molecule has 0 saturated heterocycles. The van der Waals surface area contributed by atoms with Crippen LogP contribution in [0, 0.1) is 12.8 Å². The van der Waals surface area contributed by atoms with Crippen LogP contribution in [0.1, 0.15) is 38.7 Å². The van der Waals surface area contributed by atoms with Gasteiger partial charge < -0.3 is 14.8 Å². The molecule has 5 heteroatoms. The van der Waals surface area contributed by atoms with Gasteiger partial charge >= 0.3 is 0 Å². The molecule has 0 fully saturated rings. The zero-order valence-electron chi connectivity index (χ0n) is 13.1. The first-order valence-corrected chi connectivity index (χ1v) is 7.35. The summed E-state index contributed by atoms with van der Waals surface area (Å²) in [4.78, 5) is 8.80. The average Bonchev–Trinajstić information content (AvgIpc) is 2.39. The van der Waals surface area contributed by atoms with Crippen molar-refractivity contribution in [3.8, 4) is 0 Å². The molecule has 0 saturated carbocycles. The molecule has 0 spiro atoms. The zero-order valence-corrected chi connectivity index (χ0v) is 13.1. The first-order valence-electron chi connectivity index (χ1n) is 7.35. The van der Waals surface area contributed by atoms with E-state index in [0.717, 1.165) is 31.1 Å². The van der Waals surface area contributed by atoms with E-state index in [1.807, 2.05) is 13.0 Å². The number of hydrogen-bond donors (Lipinski definition) is 1. The monoisotopic (exact) mass is 281 g/mol. The van der Waals surface area contributed by atoms with E-state index < -0.39 is 0 Å². The SMILES string of the molecule is CCCNc1cc(C)nc(COCCOCC(C)C)n1. The summed E-state index contributed by atoms with van der Waals surface area (Å²) < 4.78 is 11.0. The maximum absolute atomic E-state index is 5.54. The summed E-state index contributed by atoms with van der Waals surface area (Å²) in [5, 5.41) is 3.27. The van der Waals surface area contributed by atoms with Crippen molar-refractivity contribution < 1.29 is 9.47 Å². The Hall–Kier alpha value is -1.20. The van der Waals surface area contributed by atoms with Gasteiger partial charge in [-0.1, -0.05) is 20.8 Å². The third-order valence-corrected chi connectivity index (χ3v) is 2.51. The minimum atomic E-state index is 0.424. The van der Waals surface area contributed by atoms with Gasteiger partial charge in [0.25, 0.3) is 0 Å². The Bertz CT molecular complexity index is 383. The molecule has 1 rings (SSSR count). The lowest BCUT2D eigenvalue weighted by atomic mass is 10.2. The highest BCUT2D eigenvalue weighted by Gasteiger charge is 2.02. The van der Waals surface area contributed by atoms with Gasteiger partial charge in [0, 0.05) is 24.9 Å². The Morgan fingerprint density at radius 2 is 1.95 bits per heavy atom. The lowest BCUT2D eigenvalue weighted by molar-refractivity contribution is 0.0294. The van der Waals surface area contributed by atoms with E-state index in [0.29, 0.717) is 31.6 Å². The van der Waals surface area contributed by atoms with Gasteiger partial charge in [-0.15, -0.1) is 0 Å². The van der Waals surface area contributed by atoms with Crippen LogP contribution in [0.3, 0.4) is 0 Å². The molecular formula is C15H27N3O2. The maximum atomic E-state index is 5.54. The van der Waals surface area contributed by atoms with Gasteiger partial charge in [-0.2, -0.15) is 0 Å². The van der Waals surface area contributed by atoms with Gasteiger partial charge in [-0.3, -0.25) is 0 Å². The molecule has 0 amide bonds. The fourth-order valence-electron chi connectivity index (χ4n) is 1.64. The van der Waals surface area contributed by atoms with E-state index in [2.05, 4.69) is 36.1 Å². The minimum absolute atomic E-state index is 0.424. The van der Waals surface area contributed by atoms with Crippen molar-refractivity contribution in [3.63, 3.8) is 0 Å². The van der Waals surface area contributed by atoms with E-state index in [9.17, 15) is 0 Å². The van der Waals surface area contributed by atoms with Crippen LogP contribution < -0.4 is 5.32 Å². The van der Waals surface area contributed by atoms with Crippen molar-refractivity contribution in [2.75, 3.05) is 31.7 Å². The summed E-state index contributed by atoms with van der Waals surface area (Å²) in [6.45, 7) is 11.7. The highest BCUT2D eigenvalue weighted by molar-refractivity contribution is 5.35. The van der Waals surface area contributed by atoms with Gasteiger partial charge in [-0.25, -0.2) is 9.97 Å². The van der Waals surface area contributed by atoms with E-state index in [4.69, 9.17) is 9.47 Å². The minimum Gasteiger partial charge on any atom is -0.379 e. The van der Waals surface area contributed by atoms with Gasteiger partial charge in [0.05, 0.1) is 13.2 Å². The van der Waals surface area contributed by atoms with Crippen LogP contribution in [0.5, 0.6) is 0 Å². The topological polar surface area (TPSA) is 56.3 Å². The van der Waals surface area contributed by atoms with Crippen molar-refractivity contribution in [1.82, 2.24) is 9.97 Å². The van der Waals surface area contributed by atoms with Crippen LogP contribution in [0.2, 0.25) is 0 Å². The summed E-state index contributed by atoms with van der Waals surface area (Å²) >= 11 is 0. The van der Waals surface area contributed by atoms with Crippen LogP contribution in [0.4, 0.5) is 5.82 Å². The van der Waals surface area contributed by atoms with Crippen molar-refractivity contribution >= 4 is 5.82 Å². The first kappa shape index (κ1) is 16.9. The lowest BCUT2D eigenvalue weighted by Gasteiger charge is -2.09. The van der Waals surface area contributed by atoms with Crippen LogP contribution in [-0.4, -0.2) is 36.3 Å². The molecule has 1 heterocycles. The van der Waals surface area contributed by atoms with Crippen LogP contribution >= 0.6 is 0 Å². The smallest absolute Gasteiger partial charge is 0.156 e. The van der Waals surface area contributed by atoms with Gasteiger partial charge in [0.2, 0.25) is 0 Å². The predicted octanol–water partition coefficient (Wildman–Crippen LogP) is 2.80. The van der Waals surface area contributed by atoms with Crippen molar-refractivity contribution in [1.29, 1.82) is 0 Å². The molecule has 0 radical (unpaired) electrons. The number of hydrogen-bond acceptors (Lipinski definition) is 5. The third-order valence-electron chi connectivity index (χ3n) is 2.51. The first-order chi connectivity index (χ1) is 9.61. The lowest BCUT2D eigenvalue weighted by Crippen LogP contribution is -2.10. The molecule has 5 nitrogen and oxygen atoms in total. The summed E-state index contributed by atoms with van der Waals surface area (Å²) in [7, 11) is 0. The number of aromatic nitrogens is 2. The van der Waals surface area contributed by atoms with Crippen molar-refractivity contribution in [3.05, 3.63) is 17.6 Å². The average molecular weight is 281 g/mol. The van der Waals surface area contributed by atoms with Crippen LogP contribution in [0.15, 0.2) is 6.07 Å². The molecule has 0 aliphatic carbocycles. The van der Waals surface area contributed by atoms with Gasteiger partial charge in [-0.05, 0) is 19.3 Å².